The van der Waals surface area contributed by atoms with Crippen molar-refractivity contribution in [3.8, 4) is 17.1 Å². The fourth-order valence-corrected chi connectivity index (χ4v) is 8.41. The van der Waals surface area contributed by atoms with Crippen LogP contribution in [-0.2, 0) is 25.2 Å². The second-order valence-electron chi connectivity index (χ2n) is 19.0. The van der Waals surface area contributed by atoms with Gasteiger partial charge in [-0.2, -0.15) is 0 Å². The standard InChI is InChI=1S/C49H68B2N2O5.C2H6/c1-11-13-15-17-19-21-31-53-44-42-34-37(51-57-48(7,8)49(9,10)58-51)26-30-40(42)39-29-25-36(50-55-46(3,4)47(5,6)56-50)33-41(39)43(44)52-45(53)35-23-27-38(28-24-35)54-32-22-20-18-16-14-12-2;1-2/h23-30,33-34H,11-22,31-32H2,1-10H3;1-2H3. The van der Waals surface area contributed by atoms with Crippen molar-refractivity contribution < 1.29 is 23.4 Å². The van der Waals surface area contributed by atoms with E-state index >= 15 is 0 Å². The van der Waals surface area contributed by atoms with Crippen LogP contribution in [0.15, 0.2) is 60.7 Å². The predicted molar refractivity (Wildman–Crippen MR) is 255 cm³/mol. The van der Waals surface area contributed by atoms with Gasteiger partial charge in [0.2, 0.25) is 0 Å². The highest BCUT2D eigenvalue weighted by atomic mass is 16.7. The number of hydrogen-bond donors (Lipinski definition) is 0. The highest BCUT2D eigenvalue weighted by Gasteiger charge is 2.53. The van der Waals surface area contributed by atoms with Gasteiger partial charge in [0.1, 0.15) is 11.6 Å². The molecule has 0 amide bonds. The summed E-state index contributed by atoms with van der Waals surface area (Å²) in [5, 5.41) is 4.58. The van der Waals surface area contributed by atoms with Gasteiger partial charge in [0.05, 0.1) is 40.0 Å². The molecule has 4 aromatic carbocycles. The van der Waals surface area contributed by atoms with E-state index in [-0.39, 0.29) is 0 Å². The quantitative estimate of drug-likeness (QED) is 0.0499. The Balaban J connectivity index is 0.00000297. The lowest BCUT2D eigenvalue weighted by Crippen LogP contribution is -2.41. The third-order valence-corrected chi connectivity index (χ3v) is 13.5. The molecule has 9 heteroatoms. The first-order valence-corrected chi connectivity index (χ1v) is 23.5. The molecule has 0 atom stereocenters. The SMILES string of the molecule is CC.CCCCCCCCOc1ccc(-c2nc3c4cc(B5OC(C)(C)C(C)(C)O5)ccc4c4ccc(B5OC(C)(C)C(C)(C)O5)cc4c3n2CCCCCCCC)cc1. The minimum absolute atomic E-state index is 0.438. The topological polar surface area (TPSA) is 64.0 Å². The van der Waals surface area contributed by atoms with Gasteiger partial charge >= 0.3 is 14.2 Å². The molecule has 7 nitrogen and oxygen atoms in total. The number of fused-ring (bicyclic) bond motifs is 6. The molecule has 5 aromatic rings. The maximum absolute atomic E-state index is 6.61. The number of nitrogens with zero attached hydrogens (tertiary/aromatic N) is 2. The van der Waals surface area contributed by atoms with Crippen molar-refractivity contribution in [3.63, 3.8) is 0 Å². The number of benzene rings is 4. The van der Waals surface area contributed by atoms with E-state index in [0.29, 0.717) is 0 Å². The molecule has 324 valence electrons. The highest BCUT2D eigenvalue weighted by Crippen LogP contribution is 2.41. The van der Waals surface area contributed by atoms with Gasteiger partial charge in [0.25, 0.3) is 0 Å². The van der Waals surface area contributed by atoms with Gasteiger partial charge in [-0.1, -0.05) is 128 Å². The van der Waals surface area contributed by atoms with E-state index in [1.165, 1.54) is 69.6 Å². The molecular formula is C51H74B2N2O5. The Morgan fingerprint density at radius 1 is 0.533 bits per heavy atom. The molecule has 1 aromatic heterocycles. The Kier molecular flexibility index (Phi) is 14.9. The lowest BCUT2D eigenvalue weighted by molar-refractivity contribution is 0.00578. The Morgan fingerprint density at radius 3 is 1.50 bits per heavy atom. The Labute approximate surface area is 362 Å². The number of aromatic nitrogens is 2. The van der Waals surface area contributed by atoms with Crippen molar-refractivity contribution in [1.29, 1.82) is 0 Å². The lowest BCUT2D eigenvalue weighted by atomic mass is 9.76. The molecule has 0 saturated carbocycles. The normalized spacial score (nSPS) is 17.8. The molecule has 2 saturated heterocycles. The van der Waals surface area contributed by atoms with Gasteiger partial charge in [-0.25, -0.2) is 4.98 Å². The van der Waals surface area contributed by atoms with Gasteiger partial charge in [-0.3, -0.25) is 0 Å². The van der Waals surface area contributed by atoms with Crippen LogP contribution in [0.2, 0.25) is 0 Å². The van der Waals surface area contributed by atoms with Crippen LogP contribution in [0.1, 0.15) is 160 Å². The molecule has 2 aliphatic rings. The summed E-state index contributed by atoms with van der Waals surface area (Å²) < 4.78 is 35.1. The molecule has 0 bridgehead atoms. The maximum atomic E-state index is 6.61. The van der Waals surface area contributed by atoms with E-state index in [4.69, 9.17) is 28.3 Å². The van der Waals surface area contributed by atoms with Gasteiger partial charge in [0.15, 0.2) is 0 Å². The first-order valence-electron chi connectivity index (χ1n) is 23.5. The summed E-state index contributed by atoms with van der Waals surface area (Å²) in [7, 11) is -0.941. The van der Waals surface area contributed by atoms with E-state index in [1.54, 1.807) is 0 Å². The van der Waals surface area contributed by atoms with E-state index in [0.717, 1.165) is 81.2 Å². The summed E-state index contributed by atoms with van der Waals surface area (Å²) >= 11 is 0. The first kappa shape index (κ1) is 46.1. The third kappa shape index (κ3) is 9.65. The van der Waals surface area contributed by atoms with Crippen molar-refractivity contribution in [3.05, 3.63) is 60.7 Å². The molecule has 7 rings (SSSR count). The summed E-state index contributed by atoms with van der Waals surface area (Å²) in [6.45, 7) is 27.1. The zero-order chi connectivity index (χ0) is 43.3. The predicted octanol–water partition coefficient (Wildman–Crippen LogP) is 12.7. The number of imidazole rings is 1. The number of ether oxygens (including phenoxy) is 1. The molecule has 60 heavy (non-hydrogen) atoms. The molecule has 0 radical (unpaired) electrons. The summed E-state index contributed by atoms with van der Waals surface area (Å²) in [6, 6.07) is 22.0. The van der Waals surface area contributed by atoms with Crippen LogP contribution in [0.3, 0.4) is 0 Å². The molecule has 3 heterocycles. The monoisotopic (exact) mass is 817 g/mol. The molecule has 0 unspecified atom stereocenters. The fourth-order valence-electron chi connectivity index (χ4n) is 8.41. The minimum Gasteiger partial charge on any atom is -0.494 e. The average Bonchev–Trinajstić information content (AvgIpc) is 3.79. The van der Waals surface area contributed by atoms with Crippen molar-refractivity contribution in [1.82, 2.24) is 9.55 Å². The average molecular weight is 817 g/mol. The Hall–Kier alpha value is -3.36. The number of rotatable bonds is 18. The molecule has 2 aliphatic heterocycles. The molecule has 0 aliphatic carbocycles. The molecular weight excluding hydrogens is 742 g/mol. The smallest absolute Gasteiger partial charge is 0.494 e. The van der Waals surface area contributed by atoms with Crippen molar-refractivity contribution in [2.45, 2.75) is 189 Å². The Morgan fingerprint density at radius 2 is 0.983 bits per heavy atom. The second kappa shape index (κ2) is 19.4. The lowest BCUT2D eigenvalue weighted by Gasteiger charge is -2.32. The maximum Gasteiger partial charge on any atom is 0.494 e. The van der Waals surface area contributed by atoms with Gasteiger partial charge < -0.3 is 27.9 Å². The van der Waals surface area contributed by atoms with E-state index in [9.17, 15) is 0 Å². The van der Waals surface area contributed by atoms with Crippen LogP contribution in [0, 0.1) is 0 Å². The number of hydrogen-bond acceptors (Lipinski definition) is 6. The van der Waals surface area contributed by atoms with E-state index in [2.05, 4.69) is 134 Å². The van der Waals surface area contributed by atoms with Gasteiger partial charge in [0, 0.05) is 22.9 Å². The van der Waals surface area contributed by atoms with Crippen LogP contribution in [0.5, 0.6) is 5.75 Å². The number of aryl methyl sites for hydroxylation is 1. The Bertz CT molecular complexity index is 2160. The largest absolute Gasteiger partial charge is 0.494 e. The fraction of sp³-hybridized carbons (Fsp3) is 0.588. The second-order valence-corrected chi connectivity index (χ2v) is 19.0. The van der Waals surface area contributed by atoms with Crippen LogP contribution in [-0.4, -0.2) is 52.8 Å². The van der Waals surface area contributed by atoms with Crippen LogP contribution < -0.4 is 15.7 Å². The van der Waals surface area contributed by atoms with Gasteiger partial charge in [-0.15, -0.1) is 0 Å². The van der Waals surface area contributed by atoms with Crippen LogP contribution in [0.25, 0.3) is 44.0 Å². The van der Waals surface area contributed by atoms with E-state index < -0.39 is 36.6 Å². The molecule has 0 N–H and O–H groups in total. The van der Waals surface area contributed by atoms with E-state index in [1.807, 2.05) is 13.8 Å². The van der Waals surface area contributed by atoms with Crippen molar-refractivity contribution >= 4 is 57.7 Å². The van der Waals surface area contributed by atoms with Crippen LogP contribution in [0.4, 0.5) is 0 Å². The zero-order valence-electron chi connectivity index (χ0n) is 39.3. The zero-order valence-corrected chi connectivity index (χ0v) is 39.3. The summed E-state index contributed by atoms with van der Waals surface area (Å²) in [5.41, 5.74) is 3.46. The molecule has 0 spiro atoms. The third-order valence-electron chi connectivity index (χ3n) is 13.5. The van der Waals surface area contributed by atoms with Gasteiger partial charge in [-0.05, 0) is 114 Å². The number of unbranched alkanes of at least 4 members (excludes halogenated alkanes) is 10. The first-order chi connectivity index (χ1) is 28.7. The van der Waals surface area contributed by atoms with Crippen molar-refractivity contribution in [2.24, 2.45) is 0 Å². The summed E-state index contributed by atoms with van der Waals surface area (Å²) in [6.07, 6.45) is 14.8. The van der Waals surface area contributed by atoms with Crippen LogP contribution >= 0.6 is 0 Å². The molecule has 2 fully saturated rings. The summed E-state index contributed by atoms with van der Waals surface area (Å²) in [4.78, 5) is 5.61. The minimum atomic E-state index is -0.473. The van der Waals surface area contributed by atoms with Crippen molar-refractivity contribution in [2.75, 3.05) is 6.61 Å². The highest BCUT2D eigenvalue weighted by molar-refractivity contribution is 6.63. The summed E-state index contributed by atoms with van der Waals surface area (Å²) in [5.74, 6) is 1.88.